The van der Waals surface area contributed by atoms with Crippen LogP contribution in [-0.4, -0.2) is 35.8 Å². The quantitative estimate of drug-likeness (QED) is 0.0354. The van der Waals surface area contributed by atoms with Gasteiger partial charge in [0.2, 0.25) is 0 Å². The van der Waals surface area contributed by atoms with E-state index in [2.05, 4.69) is 31.9 Å². The third-order valence-corrected chi connectivity index (χ3v) is 10.2. The van der Waals surface area contributed by atoms with Crippen LogP contribution in [0.3, 0.4) is 0 Å². The first-order valence-electron chi connectivity index (χ1n) is 20.1. The van der Waals surface area contributed by atoms with Crippen molar-refractivity contribution in [2.75, 3.05) is 23.9 Å². The van der Waals surface area contributed by atoms with Crippen LogP contribution in [0.5, 0.6) is 0 Å². The lowest BCUT2D eigenvalue weighted by molar-refractivity contribution is -0.144. The standard InChI is InChI=1S/C40H76Br2O4/c41-35-29-23-17-11-7-13-19-25-31-37-45-39(43)33-27-21-15-9-5-3-1-2-4-6-10-16-22-28-34-40(44)46-38-32-26-20-14-8-12-18-24-30-36-42/h1-38H2. The average Bonchev–Trinajstić information content (AvgIpc) is 3.05. The Morgan fingerprint density at radius 3 is 0.717 bits per heavy atom. The van der Waals surface area contributed by atoms with Gasteiger partial charge in [0.25, 0.3) is 0 Å². The molecule has 0 aromatic rings. The van der Waals surface area contributed by atoms with Crippen LogP contribution >= 0.6 is 31.9 Å². The van der Waals surface area contributed by atoms with Crippen LogP contribution in [0.25, 0.3) is 0 Å². The van der Waals surface area contributed by atoms with Crippen molar-refractivity contribution in [2.45, 2.75) is 218 Å². The molecule has 0 N–H and O–H groups in total. The van der Waals surface area contributed by atoms with Gasteiger partial charge in [-0.3, -0.25) is 9.59 Å². The number of halogens is 2. The van der Waals surface area contributed by atoms with E-state index in [1.54, 1.807) is 0 Å². The van der Waals surface area contributed by atoms with E-state index in [9.17, 15) is 9.59 Å². The van der Waals surface area contributed by atoms with Crippen molar-refractivity contribution in [1.29, 1.82) is 0 Å². The summed E-state index contributed by atoms with van der Waals surface area (Å²) in [6.07, 6.45) is 41.7. The van der Waals surface area contributed by atoms with Gasteiger partial charge in [0.1, 0.15) is 0 Å². The highest BCUT2D eigenvalue weighted by Crippen LogP contribution is 2.15. The van der Waals surface area contributed by atoms with E-state index in [0.29, 0.717) is 26.1 Å². The van der Waals surface area contributed by atoms with Crippen LogP contribution in [0, 0.1) is 0 Å². The minimum absolute atomic E-state index is 0.00302. The Balaban J connectivity index is 3.20. The van der Waals surface area contributed by atoms with Crippen LogP contribution in [0.2, 0.25) is 0 Å². The van der Waals surface area contributed by atoms with Crippen LogP contribution in [0.15, 0.2) is 0 Å². The Hall–Kier alpha value is -0.100. The van der Waals surface area contributed by atoms with Gasteiger partial charge in [-0.15, -0.1) is 0 Å². The molecule has 0 aromatic heterocycles. The molecule has 0 aliphatic carbocycles. The molecule has 46 heavy (non-hydrogen) atoms. The summed E-state index contributed by atoms with van der Waals surface area (Å²) in [5.41, 5.74) is 0. The zero-order valence-corrected chi connectivity index (χ0v) is 33.4. The second kappa shape index (κ2) is 41.1. The lowest BCUT2D eigenvalue weighted by Gasteiger charge is -2.06. The van der Waals surface area contributed by atoms with E-state index in [1.165, 1.54) is 167 Å². The summed E-state index contributed by atoms with van der Waals surface area (Å²) in [6, 6.07) is 0. The van der Waals surface area contributed by atoms with E-state index >= 15 is 0 Å². The summed E-state index contributed by atoms with van der Waals surface area (Å²) in [7, 11) is 0. The Morgan fingerprint density at radius 1 is 0.283 bits per heavy atom. The van der Waals surface area contributed by atoms with Crippen molar-refractivity contribution < 1.29 is 19.1 Å². The van der Waals surface area contributed by atoms with Crippen LogP contribution in [-0.2, 0) is 19.1 Å². The number of carbonyl (C=O) groups is 2. The summed E-state index contributed by atoms with van der Waals surface area (Å²) in [5.74, 6) is 0.00605. The molecule has 6 heteroatoms. The van der Waals surface area contributed by atoms with Crippen molar-refractivity contribution >= 4 is 43.8 Å². The molecule has 0 heterocycles. The number of rotatable bonds is 39. The smallest absolute Gasteiger partial charge is 0.305 e. The second-order valence-corrected chi connectivity index (χ2v) is 15.2. The lowest BCUT2D eigenvalue weighted by Crippen LogP contribution is -2.05. The molecule has 0 saturated carbocycles. The molecular formula is C40H76Br2O4. The molecule has 0 saturated heterocycles. The van der Waals surface area contributed by atoms with E-state index in [-0.39, 0.29) is 11.9 Å². The maximum Gasteiger partial charge on any atom is 0.305 e. The minimum atomic E-state index is 0.00302. The summed E-state index contributed by atoms with van der Waals surface area (Å²) in [6.45, 7) is 1.22. The molecule has 0 unspecified atom stereocenters. The van der Waals surface area contributed by atoms with Crippen molar-refractivity contribution in [3.8, 4) is 0 Å². The first kappa shape index (κ1) is 45.9. The second-order valence-electron chi connectivity index (χ2n) is 13.6. The number of hydrogen-bond donors (Lipinski definition) is 0. The number of carbonyl (C=O) groups excluding carboxylic acids is 2. The first-order valence-corrected chi connectivity index (χ1v) is 22.4. The molecule has 0 amide bonds. The van der Waals surface area contributed by atoms with Gasteiger partial charge in [0.15, 0.2) is 0 Å². The normalized spacial score (nSPS) is 11.3. The summed E-state index contributed by atoms with van der Waals surface area (Å²) in [4.78, 5) is 23.8. The molecule has 0 spiro atoms. The molecule has 0 aliphatic rings. The maximum atomic E-state index is 11.9. The van der Waals surface area contributed by atoms with Crippen LogP contribution in [0.1, 0.15) is 218 Å². The van der Waals surface area contributed by atoms with Crippen molar-refractivity contribution in [3.05, 3.63) is 0 Å². The predicted octanol–water partition coefficient (Wildman–Crippen LogP) is 14.1. The van der Waals surface area contributed by atoms with E-state index < -0.39 is 0 Å². The summed E-state index contributed by atoms with van der Waals surface area (Å²) in [5, 5.41) is 2.27. The molecule has 0 aromatic carbocycles. The molecule has 0 aliphatic heterocycles. The summed E-state index contributed by atoms with van der Waals surface area (Å²) < 4.78 is 10.8. The zero-order valence-electron chi connectivity index (χ0n) is 30.3. The third kappa shape index (κ3) is 40.1. The fourth-order valence-electron chi connectivity index (χ4n) is 6.04. The molecule has 0 bridgehead atoms. The number of hydrogen-bond acceptors (Lipinski definition) is 4. The van der Waals surface area contributed by atoms with Gasteiger partial charge in [-0.2, -0.15) is 0 Å². The number of unbranched alkanes of at least 4 members (excludes halogenated alkanes) is 29. The zero-order chi connectivity index (χ0) is 33.4. The van der Waals surface area contributed by atoms with E-state index in [1.807, 2.05) is 0 Å². The molecule has 0 radical (unpaired) electrons. The van der Waals surface area contributed by atoms with Gasteiger partial charge in [-0.1, -0.05) is 199 Å². The first-order chi connectivity index (χ1) is 22.7. The number of ether oxygens (including phenoxy) is 2. The molecular weight excluding hydrogens is 704 g/mol. The Labute approximate surface area is 303 Å². The van der Waals surface area contributed by atoms with Gasteiger partial charge in [-0.25, -0.2) is 0 Å². The van der Waals surface area contributed by atoms with Gasteiger partial charge in [0.05, 0.1) is 13.2 Å². The molecule has 4 nitrogen and oxygen atoms in total. The average molecular weight is 781 g/mol. The van der Waals surface area contributed by atoms with Crippen molar-refractivity contribution in [3.63, 3.8) is 0 Å². The largest absolute Gasteiger partial charge is 0.466 e. The van der Waals surface area contributed by atoms with E-state index in [4.69, 9.17) is 9.47 Å². The van der Waals surface area contributed by atoms with E-state index in [0.717, 1.165) is 49.2 Å². The van der Waals surface area contributed by atoms with Crippen LogP contribution < -0.4 is 0 Å². The Kier molecular flexibility index (Phi) is 41.0. The highest BCUT2D eigenvalue weighted by atomic mass is 79.9. The fourth-order valence-corrected chi connectivity index (χ4v) is 6.84. The fraction of sp³-hybridized carbons (Fsp3) is 0.950. The lowest BCUT2D eigenvalue weighted by atomic mass is 10.0. The van der Waals surface area contributed by atoms with Crippen molar-refractivity contribution in [2.24, 2.45) is 0 Å². The SMILES string of the molecule is O=C(CCCCCCCCCCCCCCCCC(=O)OCCCCCCCCCCCBr)OCCCCCCCCCCCBr. The molecule has 0 rings (SSSR count). The van der Waals surface area contributed by atoms with Crippen molar-refractivity contribution in [1.82, 2.24) is 0 Å². The third-order valence-electron chi connectivity index (χ3n) is 9.09. The number of esters is 2. The predicted molar refractivity (Wildman–Crippen MR) is 206 cm³/mol. The van der Waals surface area contributed by atoms with Gasteiger partial charge in [0, 0.05) is 23.5 Å². The highest BCUT2D eigenvalue weighted by Gasteiger charge is 2.04. The van der Waals surface area contributed by atoms with Crippen LogP contribution in [0.4, 0.5) is 0 Å². The monoisotopic (exact) mass is 778 g/mol. The molecule has 0 fully saturated rings. The Bertz CT molecular complexity index is 564. The Morgan fingerprint density at radius 2 is 0.478 bits per heavy atom. The highest BCUT2D eigenvalue weighted by molar-refractivity contribution is 9.09. The molecule has 0 atom stereocenters. The van der Waals surface area contributed by atoms with Gasteiger partial charge < -0.3 is 9.47 Å². The minimum Gasteiger partial charge on any atom is -0.466 e. The molecule has 274 valence electrons. The number of alkyl halides is 2. The topological polar surface area (TPSA) is 52.6 Å². The van der Waals surface area contributed by atoms with Gasteiger partial charge in [-0.05, 0) is 38.5 Å². The van der Waals surface area contributed by atoms with Gasteiger partial charge >= 0.3 is 11.9 Å². The summed E-state index contributed by atoms with van der Waals surface area (Å²) >= 11 is 6.98. The maximum absolute atomic E-state index is 11.9.